The second-order valence-electron chi connectivity index (χ2n) is 9.84. The highest BCUT2D eigenvalue weighted by molar-refractivity contribution is 6.35. The number of ether oxygens (including phenoxy) is 3. The number of hydrogen-bond donors (Lipinski definition) is 1. The summed E-state index contributed by atoms with van der Waals surface area (Å²) < 4.78 is 22.5. The normalized spacial score (nSPS) is 21.2. The zero-order chi connectivity index (χ0) is 27.7. The number of nitrogens with two attached hydrogens (primary N) is 1. The van der Waals surface area contributed by atoms with Crippen molar-refractivity contribution in [1.82, 2.24) is 24.3 Å². The highest BCUT2D eigenvalue weighted by Crippen LogP contribution is 2.40. The van der Waals surface area contributed by atoms with Crippen LogP contribution in [0.2, 0.25) is 10.0 Å². The van der Waals surface area contributed by atoms with Crippen LogP contribution in [-0.2, 0) is 28.9 Å². The smallest absolute Gasteiger partial charge is 0.241 e. The second kappa shape index (κ2) is 11.2. The van der Waals surface area contributed by atoms with E-state index in [0.717, 1.165) is 43.6 Å². The van der Waals surface area contributed by atoms with E-state index in [-0.39, 0.29) is 6.10 Å². The molecule has 6 rings (SSSR count). The number of benzene rings is 2. The lowest BCUT2D eigenvalue weighted by Gasteiger charge is -2.36. The van der Waals surface area contributed by atoms with Crippen molar-refractivity contribution in [1.29, 1.82) is 0 Å². The summed E-state index contributed by atoms with van der Waals surface area (Å²) in [5.74, 6) is 0.769. The molecule has 0 unspecified atom stereocenters. The average Bonchev–Trinajstić information content (AvgIpc) is 3.69. The first-order valence-corrected chi connectivity index (χ1v) is 13.8. The zero-order valence-electron chi connectivity index (χ0n) is 22.0. The first-order chi connectivity index (χ1) is 19.4. The van der Waals surface area contributed by atoms with Crippen molar-refractivity contribution in [3.8, 4) is 5.75 Å². The molecule has 2 aromatic heterocycles. The zero-order valence-corrected chi connectivity index (χ0v) is 23.5. The number of imidazole rings is 1. The molecule has 0 amide bonds. The Balaban J connectivity index is 1.06. The van der Waals surface area contributed by atoms with Crippen molar-refractivity contribution in [2.45, 2.75) is 18.4 Å². The van der Waals surface area contributed by atoms with Gasteiger partial charge in [-0.3, -0.25) is 0 Å². The van der Waals surface area contributed by atoms with Crippen molar-refractivity contribution >= 4 is 40.8 Å². The summed E-state index contributed by atoms with van der Waals surface area (Å²) in [6.07, 6.45) is 4.99. The van der Waals surface area contributed by atoms with Crippen molar-refractivity contribution in [3.05, 3.63) is 76.8 Å². The third-order valence-electron chi connectivity index (χ3n) is 7.11. The van der Waals surface area contributed by atoms with Gasteiger partial charge in [-0.2, -0.15) is 4.98 Å². The standard InChI is InChI=1S/C27H30Cl2N8O3/c1-34-26(32-25(30)33-34)37-12-10-36(11-13-37)20-3-5-21(6-4-20)38-15-22-16-39-27(40-22,17-35-9-8-31-18-35)23-7-2-19(28)14-24(23)29/h2-9,14,18,22H,10-13,15-17H2,1H3,(H2,30,33)/t22-,27-/m1/s1. The molecular weight excluding hydrogens is 555 g/mol. The Bertz CT molecular complexity index is 1440. The van der Waals surface area contributed by atoms with Crippen LogP contribution in [-0.4, -0.2) is 69.8 Å². The molecule has 2 aliphatic heterocycles. The molecule has 2 fully saturated rings. The number of rotatable bonds is 8. The van der Waals surface area contributed by atoms with Gasteiger partial charge in [0.25, 0.3) is 0 Å². The second-order valence-corrected chi connectivity index (χ2v) is 10.7. The lowest BCUT2D eigenvalue weighted by atomic mass is 10.1. The molecule has 4 aromatic rings. The molecule has 40 heavy (non-hydrogen) atoms. The van der Waals surface area contributed by atoms with E-state index in [4.69, 9.17) is 43.1 Å². The molecule has 210 valence electrons. The number of aryl methyl sites for hydroxylation is 1. The SMILES string of the molecule is Cn1nc(N)nc1N1CCN(c2ccc(OC[C@@H]3CO[C@@](Cn4ccnc4)(c4ccc(Cl)cc4Cl)O3)cc2)CC1. The van der Waals surface area contributed by atoms with Crippen molar-refractivity contribution in [3.63, 3.8) is 0 Å². The van der Waals surface area contributed by atoms with Gasteiger partial charge in [0.05, 0.1) is 24.5 Å². The number of nitrogens with zero attached hydrogens (tertiary/aromatic N) is 7. The van der Waals surface area contributed by atoms with Crippen LogP contribution in [0.25, 0.3) is 0 Å². The van der Waals surface area contributed by atoms with Gasteiger partial charge in [0.1, 0.15) is 18.5 Å². The van der Waals surface area contributed by atoms with E-state index < -0.39 is 5.79 Å². The summed E-state index contributed by atoms with van der Waals surface area (Å²) in [6.45, 7) is 4.47. The van der Waals surface area contributed by atoms with Crippen molar-refractivity contribution in [2.24, 2.45) is 7.05 Å². The van der Waals surface area contributed by atoms with E-state index in [9.17, 15) is 0 Å². The molecule has 2 N–H and O–H groups in total. The predicted molar refractivity (Wildman–Crippen MR) is 153 cm³/mol. The largest absolute Gasteiger partial charge is 0.491 e. The first-order valence-electron chi connectivity index (χ1n) is 13.0. The number of halogens is 2. The maximum atomic E-state index is 6.57. The van der Waals surface area contributed by atoms with Gasteiger partial charge in [0.2, 0.25) is 17.7 Å². The van der Waals surface area contributed by atoms with Gasteiger partial charge in [-0.05, 0) is 36.4 Å². The summed E-state index contributed by atoms with van der Waals surface area (Å²) in [4.78, 5) is 13.0. The number of piperazine rings is 1. The van der Waals surface area contributed by atoms with E-state index in [0.29, 0.717) is 41.3 Å². The average molecular weight is 585 g/mol. The molecule has 2 aliphatic rings. The minimum Gasteiger partial charge on any atom is -0.491 e. The lowest BCUT2D eigenvalue weighted by molar-refractivity contribution is -0.189. The fourth-order valence-corrected chi connectivity index (χ4v) is 5.71. The molecule has 2 aromatic carbocycles. The Hall–Kier alpha value is -3.51. The number of aromatic nitrogens is 5. The Morgan fingerprint density at radius 1 is 1.07 bits per heavy atom. The van der Waals surface area contributed by atoms with Gasteiger partial charge in [-0.25, -0.2) is 9.67 Å². The third kappa shape index (κ3) is 5.55. The van der Waals surface area contributed by atoms with Crippen LogP contribution >= 0.6 is 23.2 Å². The monoisotopic (exact) mass is 584 g/mol. The Kier molecular flexibility index (Phi) is 7.45. The van der Waals surface area contributed by atoms with E-state index in [2.05, 4.69) is 37.0 Å². The Labute approximate surface area is 242 Å². The van der Waals surface area contributed by atoms with Gasteiger partial charge in [0.15, 0.2) is 0 Å². The van der Waals surface area contributed by atoms with Crippen LogP contribution in [0.4, 0.5) is 17.6 Å². The highest BCUT2D eigenvalue weighted by atomic mass is 35.5. The van der Waals surface area contributed by atoms with Crippen LogP contribution in [0, 0.1) is 0 Å². The number of anilines is 3. The van der Waals surface area contributed by atoms with E-state index in [1.165, 1.54) is 0 Å². The molecule has 4 heterocycles. The number of nitrogen functional groups attached to an aromatic ring is 1. The highest BCUT2D eigenvalue weighted by Gasteiger charge is 2.45. The van der Waals surface area contributed by atoms with Crippen LogP contribution in [0.5, 0.6) is 5.75 Å². The van der Waals surface area contributed by atoms with Gasteiger partial charge in [-0.1, -0.05) is 29.3 Å². The number of hydrogen-bond acceptors (Lipinski definition) is 9. The molecule has 0 spiro atoms. The maximum Gasteiger partial charge on any atom is 0.241 e. The van der Waals surface area contributed by atoms with E-state index in [1.54, 1.807) is 29.3 Å². The van der Waals surface area contributed by atoms with Crippen molar-refractivity contribution in [2.75, 3.05) is 54.9 Å². The molecule has 0 saturated carbocycles. The summed E-state index contributed by atoms with van der Waals surface area (Å²) in [5.41, 5.74) is 7.59. The van der Waals surface area contributed by atoms with Crippen LogP contribution in [0.15, 0.2) is 61.2 Å². The summed E-state index contributed by atoms with van der Waals surface area (Å²) in [7, 11) is 1.86. The predicted octanol–water partition coefficient (Wildman–Crippen LogP) is 3.57. The molecule has 0 aliphatic carbocycles. The van der Waals surface area contributed by atoms with Gasteiger partial charge >= 0.3 is 0 Å². The summed E-state index contributed by atoms with van der Waals surface area (Å²) in [6, 6.07) is 13.4. The van der Waals surface area contributed by atoms with E-state index in [1.807, 2.05) is 36.0 Å². The summed E-state index contributed by atoms with van der Waals surface area (Å²) in [5, 5.41) is 5.17. The minimum atomic E-state index is -1.08. The van der Waals surface area contributed by atoms with Gasteiger partial charge in [-0.15, -0.1) is 5.10 Å². The third-order valence-corrected chi connectivity index (χ3v) is 7.66. The molecule has 0 radical (unpaired) electrons. The fourth-order valence-electron chi connectivity index (χ4n) is 5.15. The first kappa shape index (κ1) is 26.7. The van der Waals surface area contributed by atoms with Crippen LogP contribution in [0.3, 0.4) is 0 Å². The van der Waals surface area contributed by atoms with Crippen LogP contribution < -0.4 is 20.3 Å². The molecule has 2 atom stereocenters. The lowest BCUT2D eigenvalue weighted by Crippen LogP contribution is -2.47. The Morgan fingerprint density at radius 2 is 1.85 bits per heavy atom. The topological polar surface area (TPSA) is 109 Å². The molecular formula is C27H30Cl2N8O3. The molecule has 13 heteroatoms. The van der Waals surface area contributed by atoms with Crippen LogP contribution in [0.1, 0.15) is 5.56 Å². The van der Waals surface area contributed by atoms with Crippen molar-refractivity contribution < 1.29 is 14.2 Å². The quantitative estimate of drug-likeness (QED) is 0.332. The summed E-state index contributed by atoms with van der Waals surface area (Å²) >= 11 is 12.7. The minimum absolute atomic E-state index is 0.294. The molecule has 2 saturated heterocycles. The molecule has 0 bridgehead atoms. The van der Waals surface area contributed by atoms with Gasteiger partial charge in [0, 0.05) is 61.9 Å². The maximum absolute atomic E-state index is 6.57. The van der Waals surface area contributed by atoms with Gasteiger partial charge < -0.3 is 34.3 Å². The molecule has 11 nitrogen and oxygen atoms in total. The fraction of sp³-hybridized carbons (Fsp3) is 0.370. The Morgan fingerprint density at radius 3 is 2.52 bits per heavy atom. The van der Waals surface area contributed by atoms with E-state index >= 15 is 0 Å².